The van der Waals surface area contributed by atoms with E-state index in [2.05, 4.69) is 10.4 Å². The summed E-state index contributed by atoms with van der Waals surface area (Å²) in [6.07, 6.45) is 1.67. The zero-order valence-electron chi connectivity index (χ0n) is 10.9. The molecule has 7 nitrogen and oxygen atoms in total. The van der Waals surface area contributed by atoms with Crippen LogP contribution in [0.2, 0.25) is 0 Å². The summed E-state index contributed by atoms with van der Waals surface area (Å²) in [4.78, 5) is 13.5. The number of carbonyl (C=O) groups excluding carboxylic acids is 1. The monoisotopic (exact) mass is 255 g/mol. The van der Waals surface area contributed by atoms with Crippen molar-refractivity contribution in [3.8, 4) is 0 Å². The number of nitrogens with one attached hydrogen (secondary N) is 1. The number of hydrogen-bond donors (Lipinski definition) is 2. The van der Waals surface area contributed by atoms with Crippen LogP contribution in [0.25, 0.3) is 0 Å². The van der Waals surface area contributed by atoms with Crippen LogP contribution < -0.4 is 11.1 Å². The summed E-state index contributed by atoms with van der Waals surface area (Å²) in [5.74, 6) is 0.309. The molecular weight excluding hydrogens is 234 g/mol. The predicted molar refractivity (Wildman–Crippen MR) is 69.0 cm³/mol. The first-order valence-corrected chi connectivity index (χ1v) is 5.86. The van der Waals surface area contributed by atoms with Gasteiger partial charge in [0.15, 0.2) is 0 Å². The van der Waals surface area contributed by atoms with Crippen molar-refractivity contribution < 1.29 is 9.53 Å². The number of amides is 1. The first-order chi connectivity index (χ1) is 8.58. The molecule has 0 saturated heterocycles. The van der Waals surface area contributed by atoms with Crippen molar-refractivity contribution in [1.29, 1.82) is 0 Å². The third kappa shape index (κ3) is 6.21. The highest BCUT2D eigenvalue weighted by molar-refractivity contribution is 5.75. The number of likely N-dealkylation sites (N-methyl/N-ethyl adjacent to an activating group) is 1. The van der Waals surface area contributed by atoms with E-state index < -0.39 is 0 Å². The lowest BCUT2D eigenvalue weighted by atomic mass is 10.5. The quantitative estimate of drug-likeness (QED) is 0.592. The molecule has 0 atom stereocenters. The lowest BCUT2D eigenvalue weighted by Crippen LogP contribution is -2.31. The topological polar surface area (TPSA) is 85.4 Å². The molecule has 0 bridgehead atoms. The number of aromatic nitrogens is 2. The van der Waals surface area contributed by atoms with E-state index in [0.29, 0.717) is 25.6 Å². The van der Waals surface area contributed by atoms with E-state index in [1.165, 1.54) is 4.68 Å². The average Bonchev–Trinajstić information content (AvgIpc) is 2.68. The van der Waals surface area contributed by atoms with Gasteiger partial charge >= 0.3 is 0 Å². The number of rotatable bonds is 8. The summed E-state index contributed by atoms with van der Waals surface area (Å²) in [6, 6.07) is 1.65. The van der Waals surface area contributed by atoms with E-state index in [9.17, 15) is 4.79 Å². The lowest BCUT2D eigenvalue weighted by molar-refractivity contribution is -0.122. The van der Waals surface area contributed by atoms with Gasteiger partial charge in [0.1, 0.15) is 12.4 Å². The van der Waals surface area contributed by atoms with Gasteiger partial charge in [-0.2, -0.15) is 5.10 Å². The number of hydrogen-bond acceptors (Lipinski definition) is 5. The van der Waals surface area contributed by atoms with Crippen LogP contribution in [0, 0.1) is 0 Å². The standard InChI is InChI=1S/C11H21N5O2/c1-15(2)6-8-18-7-4-13-11(17)9-16-5-3-10(12)14-16/h3,5H,4,6-9H2,1-2H3,(H2,12,14)(H,13,17). The van der Waals surface area contributed by atoms with E-state index in [-0.39, 0.29) is 12.5 Å². The van der Waals surface area contributed by atoms with E-state index in [1.54, 1.807) is 12.3 Å². The van der Waals surface area contributed by atoms with Gasteiger partial charge in [0.25, 0.3) is 0 Å². The van der Waals surface area contributed by atoms with Crippen molar-refractivity contribution in [1.82, 2.24) is 20.0 Å². The first kappa shape index (κ1) is 14.5. The Balaban J connectivity index is 2.03. The number of anilines is 1. The predicted octanol–water partition coefficient (Wildman–Crippen LogP) is -0.840. The second kappa shape index (κ2) is 7.67. The maximum absolute atomic E-state index is 11.5. The Morgan fingerprint density at radius 2 is 2.33 bits per heavy atom. The third-order valence-corrected chi connectivity index (χ3v) is 2.22. The molecule has 0 spiro atoms. The minimum Gasteiger partial charge on any atom is -0.382 e. The Morgan fingerprint density at radius 1 is 1.56 bits per heavy atom. The molecule has 0 fully saturated rings. The molecule has 0 radical (unpaired) electrons. The van der Waals surface area contributed by atoms with E-state index >= 15 is 0 Å². The lowest BCUT2D eigenvalue weighted by Gasteiger charge is -2.10. The minimum atomic E-state index is -0.102. The van der Waals surface area contributed by atoms with Gasteiger partial charge in [0.05, 0.1) is 13.2 Å². The molecular formula is C11H21N5O2. The minimum absolute atomic E-state index is 0.102. The largest absolute Gasteiger partial charge is 0.382 e. The first-order valence-electron chi connectivity index (χ1n) is 5.86. The number of nitrogens with two attached hydrogens (primary N) is 1. The SMILES string of the molecule is CN(C)CCOCCNC(=O)Cn1ccc(N)n1. The van der Waals surface area contributed by atoms with Gasteiger partial charge in [-0.15, -0.1) is 0 Å². The zero-order chi connectivity index (χ0) is 13.4. The van der Waals surface area contributed by atoms with Crippen molar-refractivity contribution in [2.45, 2.75) is 6.54 Å². The fourth-order valence-corrected chi connectivity index (χ4v) is 1.28. The summed E-state index contributed by atoms with van der Waals surface area (Å²) < 4.78 is 6.85. The van der Waals surface area contributed by atoms with Crippen LogP contribution in [0.5, 0.6) is 0 Å². The molecule has 3 N–H and O–H groups in total. The Labute approximate surface area is 107 Å². The second-order valence-corrected chi connectivity index (χ2v) is 4.20. The van der Waals surface area contributed by atoms with E-state index in [1.807, 2.05) is 19.0 Å². The van der Waals surface area contributed by atoms with Crippen LogP contribution in [0.1, 0.15) is 0 Å². The maximum Gasteiger partial charge on any atom is 0.241 e. The van der Waals surface area contributed by atoms with Crippen molar-refractivity contribution in [3.05, 3.63) is 12.3 Å². The van der Waals surface area contributed by atoms with Crippen molar-refractivity contribution >= 4 is 11.7 Å². The Kier molecular flexibility index (Phi) is 6.16. The number of carbonyl (C=O) groups is 1. The summed E-state index contributed by atoms with van der Waals surface area (Å²) in [5.41, 5.74) is 5.45. The molecule has 1 aromatic rings. The fourth-order valence-electron chi connectivity index (χ4n) is 1.28. The molecule has 18 heavy (non-hydrogen) atoms. The molecule has 1 rings (SSSR count). The van der Waals surface area contributed by atoms with E-state index in [0.717, 1.165) is 6.54 Å². The van der Waals surface area contributed by atoms with Crippen LogP contribution in [-0.2, 0) is 16.1 Å². The molecule has 0 aliphatic rings. The molecule has 1 aromatic heterocycles. The average molecular weight is 255 g/mol. The maximum atomic E-state index is 11.5. The molecule has 1 heterocycles. The van der Waals surface area contributed by atoms with Crippen LogP contribution in [-0.4, -0.2) is 61.0 Å². The molecule has 0 aliphatic heterocycles. The molecule has 7 heteroatoms. The van der Waals surface area contributed by atoms with Crippen LogP contribution in [0.15, 0.2) is 12.3 Å². The smallest absolute Gasteiger partial charge is 0.241 e. The molecule has 0 aromatic carbocycles. The highest BCUT2D eigenvalue weighted by atomic mass is 16.5. The van der Waals surface area contributed by atoms with Gasteiger partial charge in [-0.3, -0.25) is 9.48 Å². The molecule has 0 saturated carbocycles. The van der Waals surface area contributed by atoms with Gasteiger partial charge in [0, 0.05) is 19.3 Å². The van der Waals surface area contributed by atoms with E-state index in [4.69, 9.17) is 10.5 Å². The number of nitrogen functional groups attached to an aromatic ring is 1. The van der Waals surface area contributed by atoms with Crippen LogP contribution >= 0.6 is 0 Å². The Bertz CT molecular complexity index is 364. The summed E-state index contributed by atoms with van der Waals surface area (Å²) in [7, 11) is 3.97. The van der Waals surface area contributed by atoms with Crippen molar-refractivity contribution in [3.63, 3.8) is 0 Å². The fraction of sp³-hybridized carbons (Fsp3) is 0.636. The molecule has 0 aliphatic carbocycles. The number of nitrogens with zero attached hydrogens (tertiary/aromatic N) is 3. The molecule has 102 valence electrons. The van der Waals surface area contributed by atoms with Gasteiger partial charge in [0.2, 0.25) is 5.91 Å². The molecule has 0 unspecified atom stereocenters. The second-order valence-electron chi connectivity index (χ2n) is 4.20. The Morgan fingerprint density at radius 3 is 2.94 bits per heavy atom. The molecule has 1 amide bonds. The van der Waals surface area contributed by atoms with Gasteiger partial charge in [-0.1, -0.05) is 0 Å². The van der Waals surface area contributed by atoms with Crippen molar-refractivity contribution in [2.24, 2.45) is 0 Å². The summed E-state index contributed by atoms with van der Waals surface area (Å²) in [6.45, 7) is 2.73. The number of ether oxygens (including phenoxy) is 1. The zero-order valence-corrected chi connectivity index (χ0v) is 10.9. The normalized spacial score (nSPS) is 10.8. The Hall–Kier alpha value is -1.60. The third-order valence-electron chi connectivity index (χ3n) is 2.22. The summed E-state index contributed by atoms with van der Waals surface area (Å²) >= 11 is 0. The van der Waals surface area contributed by atoms with Crippen LogP contribution in [0.3, 0.4) is 0 Å². The van der Waals surface area contributed by atoms with Crippen molar-refractivity contribution in [2.75, 3.05) is 46.1 Å². The van der Waals surface area contributed by atoms with Gasteiger partial charge < -0.3 is 20.7 Å². The highest BCUT2D eigenvalue weighted by Gasteiger charge is 2.02. The van der Waals surface area contributed by atoms with Gasteiger partial charge in [-0.25, -0.2) is 0 Å². The van der Waals surface area contributed by atoms with Gasteiger partial charge in [-0.05, 0) is 20.2 Å². The highest BCUT2D eigenvalue weighted by Crippen LogP contribution is 1.94. The van der Waals surface area contributed by atoms with Crippen LogP contribution in [0.4, 0.5) is 5.82 Å². The summed E-state index contributed by atoms with van der Waals surface area (Å²) in [5, 5.41) is 6.67.